The van der Waals surface area contributed by atoms with Crippen molar-refractivity contribution < 1.29 is 19.1 Å². The Morgan fingerprint density at radius 1 is 1.17 bits per heavy atom. The van der Waals surface area contributed by atoms with Gasteiger partial charge in [-0.1, -0.05) is 43.2 Å². The first kappa shape index (κ1) is 19.2. The van der Waals surface area contributed by atoms with Crippen LogP contribution in [0.5, 0.6) is 5.75 Å². The van der Waals surface area contributed by atoms with E-state index < -0.39 is 11.4 Å². The number of amides is 1. The summed E-state index contributed by atoms with van der Waals surface area (Å²) in [6.45, 7) is 1.97. The first-order valence-corrected chi connectivity index (χ1v) is 10.0. The fourth-order valence-corrected chi connectivity index (χ4v) is 4.16. The summed E-state index contributed by atoms with van der Waals surface area (Å²) in [4.78, 5) is 38.4. The number of hydrogen-bond donors (Lipinski definition) is 1. The highest BCUT2D eigenvalue weighted by Crippen LogP contribution is 2.35. The number of nitrogens with one attached hydrogen (secondary N) is 1. The molecular weight excluding hydrogens is 372 g/mol. The lowest BCUT2D eigenvalue weighted by Gasteiger charge is -2.39. The number of ether oxygens (including phenoxy) is 2. The number of carbonyl (C=O) groups excluding carboxylic acids is 2. The van der Waals surface area contributed by atoms with E-state index >= 15 is 0 Å². The summed E-state index contributed by atoms with van der Waals surface area (Å²) in [6.07, 6.45) is 5.28. The van der Waals surface area contributed by atoms with Crippen molar-refractivity contribution >= 4 is 11.9 Å². The minimum absolute atomic E-state index is 0.00991. The molecule has 7 heteroatoms. The number of carbonyl (C=O) groups is 2. The van der Waals surface area contributed by atoms with Gasteiger partial charge in [0.25, 0.3) is 5.91 Å². The summed E-state index contributed by atoms with van der Waals surface area (Å²) in [7, 11) is 0. The highest BCUT2D eigenvalue weighted by Gasteiger charge is 2.38. The molecule has 0 saturated heterocycles. The molecule has 4 rings (SSSR count). The molecule has 1 unspecified atom stereocenters. The van der Waals surface area contributed by atoms with E-state index in [2.05, 4.69) is 5.32 Å². The van der Waals surface area contributed by atoms with E-state index in [1.165, 1.54) is 6.20 Å². The Labute approximate surface area is 168 Å². The molecule has 29 heavy (non-hydrogen) atoms. The number of benzene rings is 1. The van der Waals surface area contributed by atoms with Crippen molar-refractivity contribution in [1.29, 1.82) is 0 Å². The fourth-order valence-electron chi connectivity index (χ4n) is 4.16. The lowest BCUT2D eigenvalue weighted by molar-refractivity contribution is 0.0520. The van der Waals surface area contributed by atoms with Crippen molar-refractivity contribution in [3.05, 3.63) is 63.6 Å². The van der Waals surface area contributed by atoms with Gasteiger partial charge in [-0.15, -0.1) is 0 Å². The molecular formula is C22H24N2O5. The number of aromatic nitrogens is 1. The molecule has 1 aliphatic heterocycles. The van der Waals surface area contributed by atoms with Gasteiger partial charge in [0.2, 0.25) is 5.43 Å². The maximum atomic E-state index is 13.1. The molecule has 1 aromatic heterocycles. The number of fused-ring (bicyclic) bond motifs is 3. The standard InChI is InChI=1S/C22H24N2O5/c1-2-28-22(27)15-12-24-17-11-7-6-10-16(17)23-21(26)18(24)20(19(15)25)29-13-14-8-4-3-5-9-14/h3-5,8-9,12,16-17H,2,6-7,10-11,13H2,1H3,(H,23,26)/t16-,17?/m0/s1. The van der Waals surface area contributed by atoms with E-state index in [4.69, 9.17) is 9.47 Å². The summed E-state index contributed by atoms with van der Waals surface area (Å²) < 4.78 is 12.7. The summed E-state index contributed by atoms with van der Waals surface area (Å²) in [5, 5.41) is 3.02. The summed E-state index contributed by atoms with van der Waals surface area (Å²) in [5.41, 5.74) is 0.328. The van der Waals surface area contributed by atoms with E-state index in [0.29, 0.717) is 0 Å². The Hall–Kier alpha value is -3.09. The highest BCUT2D eigenvalue weighted by molar-refractivity contribution is 5.98. The van der Waals surface area contributed by atoms with Crippen LogP contribution in [0.4, 0.5) is 0 Å². The SMILES string of the molecule is CCOC(=O)c1cn2c(c(OCc3ccccc3)c1=O)C(=O)N[C@H]1CCCCC12. The average Bonchev–Trinajstić information content (AvgIpc) is 2.73. The lowest BCUT2D eigenvalue weighted by atomic mass is 9.87. The second-order valence-electron chi connectivity index (χ2n) is 7.38. The zero-order valence-corrected chi connectivity index (χ0v) is 16.3. The molecule has 1 aliphatic carbocycles. The maximum absolute atomic E-state index is 13.1. The third-order valence-corrected chi connectivity index (χ3v) is 5.53. The fraction of sp³-hybridized carbons (Fsp3) is 0.409. The number of hydrogen-bond acceptors (Lipinski definition) is 5. The number of nitrogens with zero attached hydrogens (tertiary/aromatic N) is 1. The largest absolute Gasteiger partial charge is 0.483 e. The highest BCUT2D eigenvalue weighted by atomic mass is 16.5. The van der Waals surface area contributed by atoms with Crippen molar-refractivity contribution in [1.82, 2.24) is 9.88 Å². The molecule has 0 radical (unpaired) electrons. The summed E-state index contributed by atoms with van der Waals surface area (Å²) >= 11 is 0. The van der Waals surface area contributed by atoms with Crippen LogP contribution < -0.4 is 15.5 Å². The smallest absolute Gasteiger partial charge is 0.343 e. The van der Waals surface area contributed by atoms with Gasteiger partial charge >= 0.3 is 5.97 Å². The van der Waals surface area contributed by atoms with Crippen molar-refractivity contribution in [3.63, 3.8) is 0 Å². The average molecular weight is 396 g/mol. The molecule has 1 N–H and O–H groups in total. The van der Waals surface area contributed by atoms with E-state index in [9.17, 15) is 14.4 Å². The van der Waals surface area contributed by atoms with Gasteiger partial charge < -0.3 is 19.4 Å². The molecule has 0 spiro atoms. The number of esters is 1. The number of pyridine rings is 1. The molecule has 2 aromatic rings. The van der Waals surface area contributed by atoms with Crippen LogP contribution in [0.25, 0.3) is 0 Å². The minimum Gasteiger partial charge on any atom is -0.483 e. The molecule has 1 aromatic carbocycles. The number of rotatable bonds is 5. The zero-order chi connectivity index (χ0) is 20.4. The van der Waals surface area contributed by atoms with Crippen LogP contribution in [0.3, 0.4) is 0 Å². The van der Waals surface area contributed by atoms with Crippen LogP contribution in [-0.2, 0) is 11.3 Å². The van der Waals surface area contributed by atoms with E-state index in [1.807, 2.05) is 30.3 Å². The van der Waals surface area contributed by atoms with Gasteiger partial charge in [-0.2, -0.15) is 0 Å². The predicted octanol–water partition coefficient (Wildman–Crippen LogP) is 2.83. The normalized spacial score (nSPS) is 20.2. The van der Waals surface area contributed by atoms with E-state index in [0.717, 1.165) is 31.2 Å². The van der Waals surface area contributed by atoms with Crippen LogP contribution in [-0.4, -0.2) is 29.1 Å². The molecule has 1 saturated carbocycles. The summed E-state index contributed by atoms with van der Waals surface area (Å²) in [5.74, 6) is -1.14. The zero-order valence-electron chi connectivity index (χ0n) is 16.3. The quantitative estimate of drug-likeness (QED) is 0.786. The molecule has 152 valence electrons. The molecule has 2 aliphatic rings. The van der Waals surface area contributed by atoms with Crippen molar-refractivity contribution in [2.45, 2.75) is 51.3 Å². The van der Waals surface area contributed by atoms with Gasteiger partial charge in [-0.25, -0.2) is 4.79 Å². The molecule has 2 heterocycles. The molecule has 7 nitrogen and oxygen atoms in total. The van der Waals surface area contributed by atoms with Gasteiger partial charge in [-0.3, -0.25) is 9.59 Å². The Kier molecular flexibility index (Phi) is 5.38. The maximum Gasteiger partial charge on any atom is 0.343 e. The third-order valence-electron chi connectivity index (χ3n) is 5.53. The van der Waals surface area contributed by atoms with Crippen LogP contribution in [0.15, 0.2) is 41.3 Å². The Bertz CT molecular complexity index is 983. The van der Waals surface area contributed by atoms with Crippen LogP contribution in [0, 0.1) is 0 Å². The molecule has 0 bridgehead atoms. The van der Waals surface area contributed by atoms with Crippen molar-refractivity contribution in [3.8, 4) is 5.75 Å². The van der Waals surface area contributed by atoms with Gasteiger partial charge in [0.1, 0.15) is 12.2 Å². The predicted molar refractivity (Wildman–Crippen MR) is 106 cm³/mol. The van der Waals surface area contributed by atoms with E-state index in [-0.39, 0.29) is 48.2 Å². The van der Waals surface area contributed by atoms with Gasteiger partial charge in [0.05, 0.1) is 12.6 Å². The second kappa shape index (κ2) is 8.11. The monoisotopic (exact) mass is 396 g/mol. The second-order valence-corrected chi connectivity index (χ2v) is 7.38. The molecule has 1 amide bonds. The lowest BCUT2D eigenvalue weighted by Crippen LogP contribution is -2.50. The Balaban J connectivity index is 1.81. The van der Waals surface area contributed by atoms with Gasteiger partial charge in [-0.05, 0) is 25.3 Å². The van der Waals surface area contributed by atoms with Crippen LogP contribution in [0.2, 0.25) is 0 Å². The summed E-state index contributed by atoms with van der Waals surface area (Å²) in [6, 6.07) is 9.35. The molecule has 2 atom stereocenters. The molecule has 1 fully saturated rings. The minimum atomic E-state index is -0.698. The van der Waals surface area contributed by atoms with Crippen molar-refractivity contribution in [2.75, 3.05) is 6.61 Å². The van der Waals surface area contributed by atoms with Crippen molar-refractivity contribution in [2.24, 2.45) is 0 Å². The van der Waals surface area contributed by atoms with E-state index in [1.54, 1.807) is 11.5 Å². The van der Waals surface area contributed by atoms with Crippen LogP contribution in [0.1, 0.15) is 65.1 Å². The van der Waals surface area contributed by atoms with Gasteiger partial charge in [0, 0.05) is 12.2 Å². The first-order valence-electron chi connectivity index (χ1n) is 10.0. The topological polar surface area (TPSA) is 86.6 Å². The van der Waals surface area contributed by atoms with Crippen LogP contribution >= 0.6 is 0 Å². The third kappa shape index (κ3) is 3.64. The Morgan fingerprint density at radius 3 is 2.69 bits per heavy atom. The van der Waals surface area contributed by atoms with Gasteiger partial charge in [0.15, 0.2) is 11.4 Å². The first-order chi connectivity index (χ1) is 14.1. The Morgan fingerprint density at radius 2 is 1.93 bits per heavy atom.